The molecule has 0 fully saturated rings. The fourth-order valence-electron chi connectivity index (χ4n) is 12.1. The van der Waals surface area contributed by atoms with E-state index in [1.807, 2.05) is 60.7 Å². The van der Waals surface area contributed by atoms with Crippen molar-refractivity contribution in [1.29, 1.82) is 0 Å². The van der Waals surface area contributed by atoms with E-state index >= 15 is 0 Å². The molecule has 84 heavy (non-hydrogen) atoms. The van der Waals surface area contributed by atoms with Crippen molar-refractivity contribution in [3.8, 4) is 50.4 Å². The Kier molecular flexibility index (Phi) is 13.5. The first-order chi connectivity index (χ1) is 41.5. The Hall–Kier alpha value is -11.3. The molecule has 0 unspecified atom stereocenters. The molecule has 0 atom stereocenters. The summed E-state index contributed by atoms with van der Waals surface area (Å²) in [5.41, 5.74) is 31.8. The lowest BCUT2D eigenvalue weighted by Crippen LogP contribution is -1.99. The third-order valence-electron chi connectivity index (χ3n) is 15.8. The van der Waals surface area contributed by atoms with Gasteiger partial charge >= 0.3 is 0 Å². The molecule has 0 aliphatic heterocycles. The molecule has 0 radical (unpaired) electrons. The van der Waals surface area contributed by atoms with E-state index < -0.39 is 0 Å². The third-order valence-corrected chi connectivity index (χ3v) is 15.8. The highest BCUT2D eigenvalue weighted by atomic mass is 15.0. The van der Waals surface area contributed by atoms with Gasteiger partial charge in [-0.2, -0.15) is 0 Å². The normalized spacial score (nSPS) is 11.2. The van der Waals surface area contributed by atoms with Gasteiger partial charge in [0.15, 0.2) is 0 Å². The van der Waals surface area contributed by atoms with E-state index in [1.54, 1.807) is 0 Å². The van der Waals surface area contributed by atoms with Gasteiger partial charge in [-0.1, -0.05) is 188 Å². The lowest BCUT2D eigenvalue weighted by Gasteiger charge is -2.22. The molecular weight excluding hydrogens is 1020 g/mol. The summed E-state index contributed by atoms with van der Waals surface area (Å²) in [5.74, 6) is 0. The lowest BCUT2D eigenvalue weighted by atomic mass is 9.85. The molecule has 13 aromatic carbocycles. The van der Waals surface area contributed by atoms with Gasteiger partial charge < -0.3 is 30.5 Å². The predicted octanol–water partition coefficient (Wildman–Crippen LogP) is 20.3. The van der Waals surface area contributed by atoms with E-state index in [0.717, 1.165) is 73.2 Å². The summed E-state index contributed by atoms with van der Waals surface area (Å²) in [6.45, 7) is 0. The van der Waals surface area contributed by atoms with Crippen LogP contribution in [0.1, 0.15) is 0 Å². The number of hydrogen-bond donors (Lipinski definition) is 3. The van der Waals surface area contributed by atoms with E-state index in [-0.39, 0.29) is 0 Å². The zero-order valence-corrected chi connectivity index (χ0v) is 46.1. The van der Waals surface area contributed by atoms with Crippen LogP contribution in [0.4, 0.5) is 22.7 Å². The molecule has 0 spiro atoms. The Morgan fingerprint density at radius 2 is 0.548 bits per heavy atom. The van der Waals surface area contributed by atoms with Gasteiger partial charge in [0, 0.05) is 77.7 Å². The van der Waals surface area contributed by atoms with Gasteiger partial charge in [-0.15, -0.1) is 0 Å². The Balaban J connectivity index is 0.000000395. The third kappa shape index (κ3) is 9.53. The van der Waals surface area contributed by atoms with Crippen molar-refractivity contribution in [1.82, 2.24) is 13.7 Å². The molecule has 3 heterocycles. The number of anilines is 4. The zero-order chi connectivity index (χ0) is 56.3. The highest BCUT2D eigenvalue weighted by molar-refractivity contribution is 6.16. The average molecular weight is 1080 g/mol. The summed E-state index contributed by atoms with van der Waals surface area (Å²) >= 11 is 0. The highest BCUT2D eigenvalue weighted by Gasteiger charge is 2.24. The summed E-state index contributed by atoms with van der Waals surface area (Å²) in [5, 5.41) is 11.2. The molecule has 16 aromatic rings. The fraction of sp³-hybridized carbons (Fsp3) is 0. The van der Waals surface area contributed by atoms with Crippen LogP contribution >= 0.6 is 0 Å². The number of nitrogens with zero attached hydrogens (tertiary/aromatic N) is 3. The van der Waals surface area contributed by atoms with Crippen molar-refractivity contribution < 1.29 is 0 Å². The van der Waals surface area contributed by atoms with Crippen LogP contribution in [-0.2, 0) is 0 Å². The second-order valence-corrected chi connectivity index (χ2v) is 21.0. The number of nitrogens with two attached hydrogens (primary N) is 2. The molecule has 0 saturated carbocycles. The van der Waals surface area contributed by atoms with Crippen molar-refractivity contribution in [3.63, 3.8) is 0 Å². The molecule has 400 valence electrons. The first-order valence-corrected chi connectivity index (χ1v) is 28.4. The minimum absolute atomic E-state index is 0.822. The van der Waals surface area contributed by atoms with Gasteiger partial charge in [-0.3, -0.25) is 0 Å². The van der Waals surface area contributed by atoms with Crippen LogP contribution < -0.4 is 16.8 Å². The van der Waals surface area contributed by atoms with Crippen molar-refractivity contribution in [3.05, 3.63) is 322 Å². The molecule has 0 bridgehead atoms. The zero-order valence-electron chi connectivity index (χ0n) is 46.1. The minimum atomic E-state index is 0.822. The van der Waals surface area contributed by atoms with Gasteiger partial charge in [0.2, 0.25) is 0 Å². The average Bonchev–Trinajstić information content (AvgIpc) is 2.15. The van der Waals surface area contributed by atoms with Crippen LogP contribution in [0.5, 0.6) is 0 Å². The van der Waals surface area contributed by atoms with Gasteiger partial charge in [0.1, 0.15) is 0 Å². The summed E-state index contributed by atoms with van der Waals surface area (Å²) in [6.07, 6.45) is 0. The van der Waals surface area contributed by atoms with Crippen LogP contribution in [0.15, 0.2) is 322 Å². The largest absolute Gasteiger partial charge is 0.399 e. The molecular formula is C78H58N6. The first-order valence-electron chi connectivity index (χ1n) is 28.4. The number of rotatable bonds is 8. The van der Waals surface area contributed by atoms with E-state index in [2.05, 4.69) is 280 Å². The summed E-state index contributed by atoms with van der Waals surface area (Å²) in [6, 6.07) is 114. The maximum Gasteiger partial charge on any atom is 0.0541 e. The summed E-state index contributed by atoms with van der Waals surface area (Å²) in [4.78, 5) is 0. The van der Waals surface area contributed by atoms with Crippen LogP contribution in [0.25, 0.3) is 116 Å². The van der Waals surface area contributed by atoms with Crippen LogP contribution in [0, 0.1) is 0 Å². The molecule has 16 rings (SSSR count). The molecule has 6 nitrogen and oxygen atoms in total. The van der Waals surface area contributed by atoms with Gasteiger partial charge in [-0.25, -0.2) is 0 Å². The van der Waals surface area contributed by atoms with Crippen molar-refractivity contribution in [2.75, 3.05) is 16.8 Å². The summed E-state index contributed by atoms with van der Waals surface area (Å²) in [7, 11) is 0. The fourth-order valence-corrected chi connectivity index (χ4v) is 12.1. The van der Waals surface area contributed by atoms with Gasteiger partial charge in [0.25, 0.3) is 0 Å². The van der Waals surface area contributed by atoms with E-state index in [4.69, 9.17) is 11.5 Å². The van der Waals surface area contributed by atoms with E-state index in [9.17, 15) is 0 Å². The number of nitrogens with one attached hydrogen (secondary N) is 1. The monoisotopic (exact) mass is 1080 g/mol. The summed E-state index contributed by atoms with van der Waals surface area (Å²) < 4.78 is 7.19. The maximum atomic E-state index is 5.36. The van der Waals surface area contributed by atoms with Gasteiger partial charge in [-0.05, 0) is 161 Å². The Morgan fingerprint density at radius 1 is 0.238 bits per heavy atom. The van der Waals surface area contributed by atoms with Gasteiger partial charge in [0.05, 0.1) is 33.1 Å². The Morgan fingerprint density at radius 3 is 0.929 bits per heavy atom. The van der Waals surface area contributed by atoms with Crippen molar-refractivity contribution in [2.45, 2.75) is 0 Å². The Labute approximate surface area is 488 Å². The smallest absolute Gasteiger partial charge is 0.0541 e. The highest BCUT2D eigenvalue weighted by Crippen LogP contribution is 2.49. The number of nitrogen functional groups attached to an aromatic ring is 2. The Bertz CT molecular complexity index is 4930. The van der Waals surface area contributed by atoms with Crippen LogP contribution in [0.3, 0.4) is 0 Å². The first kappa shape index (κ1) is 50.9. The molecule has 3 aromatic heterocycles. The van der Waals surface area contributed by atoms with Crippen molar-refractivity contribution >= 4 is 88.2 Å². The quantitative estimate of drug-likeness (QED) is 0.133. The molecule has 0 saturated heterocycles. The number of para-hydroxylation sites is 9. The van der Waals surface area contributed by atoms with Crippen LogP contribution in [0.2, 0.25) is 0 Å². The lowest BCUT2D eigenvalue weighted by molar-refractivity contribution is 1.18. The number of aromatic nitrogens is 3. The number of fused-ring (bicyclic) bond motifs is 9. The topological polar surface area (TPSA) is 78.9 Å². The molecule has 5 N–H and O–H groups in total. The van der Waals surface area contributed by atoms with E-state index in [0.29, 0.717) is 0 Å². The van der Waals surface area contributed by atoms with E-state index in [1.165, 1.54) is 65.4 Å². The van der Waals surface area contributed by atoms with Crippen LogP contribution in [-0.4, -0.2) is 13.7 Å². The molecule has 0 aliphatic carbocycles. The SMILES string of the molecule is Nc1ccccc1.Nc1ccccc1.c1ccc(Nc2ccc(-c3ccc4c(c3)c3ccccc3n4-c3ccccc3)c(-c3ccc4c(c3)c3ccccc3n4-c3ccccc3)c2-c2ccc3c(c2)c2ccccc2n3-c2ccccc2)cc1. The van der Waals surface area contributed by atoms with Crippen molar-refractivity contribution in [2.24, 2.45) is 0 Å². The second-order valence-electron chi connectivity index (χ2n) is 21.0. The predicted molar refractivity (Wildman–Crippen MR) is 357 cm³/mol. The maximum absolute atomic E-state index is 5.36. The second kappa shape index (κ2) is 22.3. The minimum Gasteiger partial charge on any atom is -0.399 e. The standard InChI is InChI=1S/C66H44N4.2C6H7N/c1-5-19-47(20-6-1)67-58-37-36-51(44-33-38-62-55(41-44)52-27-13-16-30-59(52)68(62)48-21-7-2-8-22-48)65(45-34-39-63-56(42-45)53-28-14-17-31-60(53)69(63)49-23-9-3-10-24-49)66(58)46-35-40-64-57(43-46)54-29-15-18-32-61(54)70(64)50-25-11-4-12-26-50;2*7-6-4-2-1-3-5-6/h1-43,67H;2*1-5H,7H2. The molecule has 0 aliphatic rings. The number of benzene rings is 13. The molecule has 6 heteroatoms. The molecule has 0 amide bonds. The number of hydrogen-bond acceptors (Lipinski definition) is 3.